The largest absolute Gasteiger partial charge is 0.228 e. The molecule has 1 heterocycles. The lowest BCUT2D eigenvalue weighted by Gasteiger charge is -2.58. The molecule has 2 saturated carbocycles. The zero-order valence-electron chi connectivity index (χ0n) is 17.5. The second-order valence-electron chi connectivity index (χ2n) is 10.0. The van der Waals surface area contributed by atoms with E-state index in [0.717, 1.165) is 31.2 Å². The van der Waals surface area contributed by atoms with Gasteiger partial charge in [0, 0.05) is 11.6 Å². The SMILES string of the molecule is CC1CC2C3=CC=C(c4ccc(F)nc4)C3(C)CCC2C2(C)CCC(N=O)C=C12. The normalized spacial score (nSPS) is 40.8. The molecule has 0 spiro atoms. The number of allylic oxidation sites excluding steroid dienone is 5. The Hall–Kier alpha value is -2.10. The third-order valence-electron chi connectivity index (χ3n) is 8.62. The highest BCUT2D eigenvalue weighted by Gasteiger charge is 2.56. The molecule has 5 rings (SSSR count). The Morgan fingerprint density at radius 2 is 1.97 bits per heavy atom. The number of nitroso groups, excluding NO2 is 1. The minimum atomic E-state index is -0.428. The van der Waals surface area contributed by atoms with Crippen molar-refractivity contribution in [3.8, 4) is 0 Å². The fraction of sp³-hybridized carbons (Fsp3) is 0.560. The Labute approximate surface area is 172 Å². The van der Waals surface area contributed by atoms with E-state index in [2.05, 4.69) is 49.2 Å². The second-order valence-corrected chi connectivity index (χ2v) is 10.0. The number of fused-ring (bicyclic) bond motifs is 5. The van der Waals surface area contributed by atoms with E-state index in [1.807, 2.05) is 6.07 Å². The van der Waals surface area contributed by atoms with Crippen molar-refractivity contribution in [2.24, 2.45) is 33.8 Å². The molecule has 3 nitrogen and oxygen atoms in total. The van der Waals surface area contributed by atoms with E-state index >= 15 is 0 Å². The molecule has 0 radical (unpaired) electrons. The molecule has 29 heavy (non-hydrogen) atoms. The highest BCUT2D eigenvalue weighted by Crippen LogP contribution is 2.66. The lowest BCUT2D eigenvalue weighted by molar-refractivity contribution is 0.0460. The number of aromatic nitrogens is 1. The van der Waals surface area contributed by atoms with Crippen LogP contribution in [0.1, 0.15) is 58.4 Å². The molecule has 0 amide bonds. The maximum Gasteiger partial charge on any atom is 0.212 e. The molecule has 1 aromatic heterocycles. The highest BCUT2D eigenvalue weighted by atomic mass is 19.1. The lowest BCUT2D eigenvalue weighted by atomic mass is 9.46. The molecule has 0 aromatic carbocycles. The van der Waals surface area contributed by atoms with Crippen LogP contribution >= 0.6 is 0 Å². The van der Waals surface area contributed by atoms with Gasteiger partial charge in [-0.25, -0.2) is 4.98 Å². The highest BCUT2D eigenvalue weighted by molar-refractivity contribution is 5.78. The first-order chi connectivity index (χ1) is 13.9. The molecule has 0 bridgehead atoms. The zero-order chi connectivity index (χ0) is 20.4. The topological polar surface area (TPSA) is 42.3 Å². The van der Waals surface area contributed by atoms with Crippen molar-refractivity contribution >= 4 is 5.57 Å². The lowest BCUT2D eigenvalue weighted by Crippen LogP contribution is -2.49. The number of halogens is 1. The first kappa shape index (κ1) is 18.9. The van der Waals surface area contributed by atoms with E-state index in [1.54, 1.807) is 11.8 Å². The van der Waals surface area contributed by atoms with Crippen molar-refractivity contribution in [1.29, 1.82) is 0 Å². The number of rotatable bonds is 2. The van der Waals surface area contributed by atoms with Crippen LogP contribution in [0, 0.1) is 39.4 Å². The van der Waals surface area contributed by atoms with Gasteiger partial charge in [-0.2, -0.15) is 9.30 Å². The van der Waals surface area contributed by atoms with E-state index in [9.17, 15) is 9.30 Å². The number of nitrogens with zero attached hydrogens (tertiary/aromatic N) is 2. The van der Waals surface area contributed by atoms with Gasteiger partial charge in [-0.1, -0.05) is 55.3 Å². The molecule has 152 valence electrons. The summed E-state index contributed by atoms with van der Waals surface area (Å²) in [6.07, 6.45) is 13.8. The molecule has 2 fully saturated rings. The zero-order valence-corrected chi connectivity index (χ0v) is 17.5. The van der Waals surface area contributed by atoms with Crippen LogP contribution < -0.4 is 0 Å². The Kier molecular flexibility index (Phi) is 4.20. The van der Waals surface area contributed by atoms with Crippen molar-refractivity contribution in [2.45, 2.75) is 58.9 Å². The van der Waals surface area contributed by atoms with E-state index < -0.39 is 5.95 Å². The van der Waals surface area contributed by atoms with Crippen LogP contribution in [0.5, 0.6) is 0 Å². The first-order valence-corrected chi connectivity index (χ1v) is 11.0. The Bertz CT molecular complexity index is 946. The average molecular weight is 393 g/mol. The van der Waals surface area contributed by atoms with Gasteiger partial charge >= 0.3 is 0 Å². The molecular weight excluding hydrogens is 363 g/mol. The van der Waals surface area contributed by atoms with E-state index in [1.165, 1.54) is 23.6 Å². The van der Waals surface area contributed by atoms with Crippen molar-refractivity contribution in [1.82, 2.24) is 4.98 Å². The fourth-order valence-electron chi connectivity index (χ4n) is 7.16. The van der Waals surface area contributed by atoms with Gasteiger partial charge in [0.05, 0.1) is 0 Å². The number of hydrogen-bond acceptors (Lipinski definition) is 3. The van der Waals surface area contributed by atoms with Crippen LogP contribution in [0.4, 0.5) is 4.39 Å². The van der Waals surface area contributed by atoms with Gasteiger partial charge in [-0.15, -0.1) is 0 Å². The number of hydrogen-bond donors (Lipinski definition) is 0. The van der Waals surface area contributed by atoms with E-state index in [0.29, 0.717) is 17.8 Å². The first-order valence-electron chi connectivity index (χ1n) is 11.0. The van der Waals surface area contributed by atoms with Crippen LogP contribution in [0.3, 0.4) is 0 Å². The summed E-state index contributed by atoms with van der Waals surface area (Å²) in [7, 11) is 0. The summed E-state index contributed by atoms with van der Waals surface area (Å²) < 4.78 is 13.3. The third kappa shape index (κ3) is 2.64. The van der Waals surface area contributed by atoms with Gasteiger partial charge < -0.3 is 0 Å². The smallest absolute Gasteiger partial charge is 0.212 e. The summed E-state index contributed by atoms with van der Waals surface area (Å²) in [5, 5.41) is 3.34. The van der Waals surface area contributed by atoms with Gasteiger partial charge in [-0.05, 0) is 78.5 Å². The molecule has 0 saturated heterocycles. The quantitative estimate of drug-likeness (QED) is 0.328. The molecule has 6 atom stereocenters. The third-order valence-corrected chi connectivity index (χ3v) is 8.62. The second kappa shape index (κ2) is 6.45. The van der Waals surface area contributed by atoms with Crippen LogP contribution in [0.15, 0.2) is 52.9 Å². The van der Waals surface area contributed by atoms with Crippen LogP contribution in [0.25, 0.3) is 5.57 Å². The standard InChI is InChI=1S/C25H29FN2O/c1-15-12-18-20-6-5-19(16-4-7-23(26)27-14-16)24(20,2)11-9-21(18)25(3)10-8-17(28-29)13-22(15)25/h4-7,13-15,17-18,21H,8-12H2,1-3H3. The Morgan fingerprint density at radius 3 is 2.69 bits per heavy atom. The molecule has 4 aliphatic rings. The molecule has 6 unspecified atom stereocenters. The Morgan fingerprint density at radius 1 is 1.14 bits per heavy atom. The van der Waals surface area contributed by atoms with E-state index in [4.69, 9.17) is 0 Å². The van der Waals surface area contributed by atoms with Gasteiger partial charge in [-0.3, -0.25) is 0 Å². The van der Waals surface area contributed by atoms with Crippen LogP contribution in [0.2, 0.25) is 0 Å². The number of pyridine rings is 1. The maximum atomic E-state index is 13.3. The van der Waals surface area contributed by atoms with Crippen molar-refractivity contribution < 1.29 is 4.39 Å². The van der Waals surface area contributed by atoms with Crippen molar-refractivity contribution in [3.63, 3.8) is 0 Å². The molecule has 4 heteroatoms. The monoisotopic (exact) mass is 392 g/mol. The minimum Gasteiger partial charge on any atom is -0.228 e. The molecule has 4 aliphatic carbocycles. The molecule has 0 N–H and O–H groups in total. The fourth-order valence-corrected chi connectivity index (χ4v) is 7.16. The van der Waals surface area contributed by atoms with Crippen LogP contribution in [-0.2, 0) is 0 Å². The summed E-state index contributed by atoms with van der Waals surface area (Å²) in [6, 6.07) is 3.18. The van der Waals surface area contributed by atoms with Gasteiger partial charge in [0.15, 0.2) is 0 Å². The summed E-state index contributed by atoms with van der Waals surface area (Å²) in [6.45, 7) is 7.12. The summed E-state index contributed by atoms with van der Waals surface area (Å²) in [5.74, 6) is 1.23. The van der Waals surface area contributed by atoms with Gasteiger partial charge in [0.1, 0.15) is 6.04 Å². The van der Waals surface area contributed by atoms with Gasteiger partial charge in [0.25, 0.3) is 0 Å². The minimum absolute atomic E-state index is 0.0134. The van der Waals surface area contributed by atoms with E-state index in [-0.39, 0.29) is 16.9 Å². The molecular formula is C25H29FN2O. The summed E-state index contributed by atoms with van der Waals surface area (Å²) in [4.78, 5) is 15.1. The Balaban J connectivity index is 1.49. The molecule has 0 aliphatic heterocycles. The van der Waals surface area contributed by atoms with Gasteiger partial charge in [0.2, 0.25) is 5.95 Å². The summed E-state index contributed by atoms with van der Waals surface area (Å²) in [5.41, 5.74) is 5.53. The molecule has 1 aromatic rings. The predicted octanol–water partition coefficient (Wildman–Crippen LogP) is 6.48. The van der Waals surface area contributed by atoms with Crippen LogP contribution in [-0.4, -0.2) is 11.0 Å². The van der Waals surface area contributed by atoms with Crippen molar-refractivity contribution in [2.75, 3.05) is 0 Å². The predicted molar refractivity (Wildman–Crippen MR) is 113 cm³/mol. The summed E-state index contributed by atoms with van der Waals surface area (Å²) >= 11 is 0. The average Bonchev–Trinajstić information content (AvgIpc) is 3.06. The van der Waals surface area contributed by atoms with Crippen molar-refractivity contribution in [3.05, 3.63) is 64.1 Å². The maximum absolute atomic E-state index is 13.3.